The first-order valence-corrected chi connectivity index (χ1v) is 9.48. The van der Waals surface area contributed by atoms with Gasteiger partial charge >= 0.3 is 0 Å². The third-order valence-corrected chi connectivity index (χ3v) is 5.10. The maximum Gasteiger partial charge on any atom is 0.259 e. The molecule has 5 heteroatoms. The van der Waals surface area contributed by atoms with E-state index in [1.807, 2.05) is 32.9 Å². The van der Waals surface area contributed by atoms with E-state index in [1.165, 1.54) is 0 Å². The summed E-state index contributed by atoms with van der Waals surface area (Å²) < 4.78 is 0. The van der Waals surface area contributed by atoms with E-state index in [1.54, 1.807) is 13.0 Å². The highest BCUT2D eigenvalue weighted by atomic mass is 35.5. The van der Waals surface area contributed by atoms with Crippen LogP contribution in [0, 0.1) is 13.8 Å². The first kappa shape index (κ1) is 20.5. The van der Waals surface area contributed by atoms with Crippen molar-refractivity contribution in [1.82, 2.24) is 4.98 Å². The van der Waals surface area contributed by atoms with Crippen LogP contribution in [0.15, 0.2) is 24.8 Å². The Kier molecular flexibility index (Phi) is 6.85. The molecule has 0 saturated heterocycles. The van der Waals surface area contributed by atoms with Gasteiger partial charge < -0.3 is 5.32 Å². The zero-order valence-corrected chi connectivity index (χ0v) is 17.2. The molecule has 1 amide bonds. The largest absolute Gasteiger partial charge is 0.321 e. The molecule has 26 heavy (non-hydrogen) atoms. The lowest BCUT2D eigenvalue weighted by Gasteiger charge is -2.18. The number of nitrogens with one attached hydrogen (secondary N) is 1. The molecule has 2 aromatic rings. The second-order valence-electron chi connectivity index (χ2n) is 6.20. The number of carbonyl (C=O) groups is 1. The van der Waals surface area contributed by atoms with Gasteiger partial charge in [0.1, 0.15) is 0 Å². The lowest BCUT2D eigenvalue weighted by molar-refractivity contribution is 0.102. The number of hydrogen-bond acceptors (Lipinski definition) is 2. The molecule has 0 aliphatic rings. The fourth-order valence-corrected chi connectivity index (χ4v) is 3.81. The summed E-state index contributed by atoms with van der Waals surface area (Å²) in [6, 6.07) is 3.78. The Morgan fingerprint density at radius 1 is 1.15 bits per heavy atom. The van der Waals surface area contributed by atoms with Gasteiger partial charge in [0.05, 0.1) is 16.3 Å². The summed E-state index contributed by atoms with van der Waals surface area (Å²) in [6.07, 6.45) is 3.86. The highest BCUT2D eigenvalue weighted by molar-refractivity contribution is 6.35. The number of carbonyl (C=O) groups excluding carboxylic acids is 1. The minimum Gasteiger partial charge on any atom is -0.321 e. The molecular weight excluding hydrogens is 367 g/mol. The molecule has 1 aromatic heterocycles. The molecule has 1 N–H and O–H groups in total. The van der Waals surface area contributed by atoms with E-state index < -0.39 is 0 Å². The van der Waals surface area contributed by atoms with Gasteiger partial charge in [0.2, 0.25) is 0 Å². The highest BCUT2D eigenvalue weighted by Crippen LogP contribution is 2.31. The van der Waals surface area contributed by atoms with Gasteiger partial charge in [0.15, 0.2) is 0 Å². The van der Waals surface area contributed by atoms with Crippen LogP contribution < -0.4 is 5.32 Å². The molecule has 0 fully saturated rings. The van der Waals surface area contributed by atoms with Crippen LogP contribution in [0.1, 0.15) is 52.3 Å². The van der Waals surface area contributed by atoms with Crippen molar-refractivity contribution < 1.29 is 4.79 Å². The van der Waals surface area contributed by atoms with Crippen molar-refractivity contribution >= 4 is 34.8 Å². The number of anilines is 1. The number of rotatable bonds is 6. The zero-order valence-electron chi connectivity index (χ0n) is 15.7. The van der Waals surface area contributed by atoms with Crippen LogP contribution in [0.4, 0.5) is 5.69 Å². The SMILES string of the molecule is C=CCc1c(C)nc(C)c(C(=O)Nc2c(CC)cc(Cl)cc2CC)c1Cl. The molecule has 0 unspecified atom stereocenters. The molecule has 3 nitrogen and oxygen atoms in total. The van der Waals surface area contributed by atoms with E-state index in [-0.39, 0.29) is 5.91 Å². The molecule has 138 valence electrons. The summed E-state index contributed by atoms with van der Waals surface area (Å²) in [5, 5.41) is 4.17. The Morgan fingerprint density at radius 3 is 2.23 bits per heavy atom. The first-order chi connectivity index (χ1) is 12.3. The Morgan fingerprint density at radius 2 is 1.73 bits per heavy atom. The van der Waals surface area contributed by atoms with Gasteiger partial charge in [-0.25, -0.2) is 0 Å². The molecular formula is C21H24Cl2N2O. The minimum absolute atomic E-state index is 0.253. The fourth-order valence-electron chi connectivity index (χ4n) is 3.11. The molecule has 0 atom stereocenters. The number of halogens is 2. The number of pyridine rings is 1. The summed E-state index contributed by atoms with van der Waals surface area (Å²) in [6.45, 7) is 11.5. The van der Waals surface area contributed by atoms with Gasteiger partial charge in [-0.15, -0.1) is 6.58 Å². The summed E-state index contributed by atoms with van der Waals surface area (Å²) >= 11 is 12.8. The Balaban J connectivity index is 2.52. The van der Waals surface area contributed by atoms with E-state index >= 15 is 0 Å². The van der Waals surface area contributed by atoms with Crippen LogP contribution in [0.2, 0.25) is 10.0 Å². The maximum absolute atomic E-state index is 13.1. The lowest BCUT2D eigenvalue weighted by Crippen LogP contribution is -2.18. The van der Waals surface area contributed by atoms with Gasteiger partial charge in [-0.3, -0.25) is 9.78 Å². The van der Waals surface area contributed by atoms with E-state index in [0.717, 1.165) is 40.9 Å². The number of allylic oxidation sites excluding steroid dienone is 1. The highest BCUT2D eigenvalue weighted by Gasteiger charge is 2.21. The fraction of sp³-hybridized carbons (Fsp3) is 0.333. The number of aryl methyl sites for hydroxylation is 4. The van der Waals surface area contributed by atoms with Crippen LogP contribution in [-0.4, -0.2) is 10.9 Å². The second-order valence-corrected chi connectivity index (χ2v) is 7.02. The number of hydrogen-bond donors (Lipinski definition) is 1. The summed E-state index contributed by atoms with van der Waals surface area (Å²) in [7, 11) is 0. The molecule has 0 aliphatic carbocycles. The van der Waals surface area contributed by atoms with Gasteiger partial charge in [-0.1, -0.05) is 43.1 Å². The number of nitrogens with zero attached hydrogens (tertiary/aromatic N) is 1. The number of benzene rings is 1. The predicted octanol–water partition coefficient (Wildman–Crippen LogP) is 6.11. The molecule has 0 saturated carbocycles. The Bertz CT molecular complexity index is 835. The molecule has 0 radical (unpaired) electrons. The quantitative estimate of drug-likeness (QED) is 0.604. The zero-order chi connectivity index (χ0) is 19.4. The van der Waals surface area contributed by atoms with Crippen LogP contribution in [-0.2, 0) is 19.3 Å². The van der Waals surface area contributed by atoms with E-state index in [9.17, 15) is 4.79 Å². The first-order valence-electron chi connectivity index (χ1n) is 8.73. The topological polar surface area (TPSA) is 42.0 Å². The minimum atomic E-state index is -0.253. The maximum atomic E-state index is 13.1. The van der Waals surface area contributed by atoms with Crippen molar-refractivity contribution in [3.8, 4) is 0 Å². The molecule has 1 heterocycles. The molecule has 0 bridgehead atoms. The molecule has 1 aromatic carbocycles. The molecule has 0 aliphatic heterocycles. The third-order valence-electron chi connectivity index (χ3n) is 4.46. The van der Waals surface area contributed by atoms with Gasteiger partial charge in [0.25, 0.3) is 5.91 Å². The summed E-state index contributed by atoms with van der Waals surface area (Å²) in [5.74, 6) is -0.253. The second kappa shape index (κ2) is 8.70. The molecule has 2 rings (SSSR count). The Hall–Kier alpha value is -1.84. The summed E-state index contributed by atoms with van der Waals surface area (Å²) in [5.41, 5.74) is 5.49. The van der Waals surface area contributed by atoms with Crippen molar-refractivity contribution in [2.24, 2.45) is 0 Å². The van der Waals surface area contributed by atoms with E-state index in [4.69, 9.17) is 23.2 Å². The van der Waals surface area contributed by atoms with Crippen molar-refractivity contribution in [1.29, 1.82) is 0 Å². The standard InChI is InChI=1S/C21H24Cl2N2O/c1-6-9-17-12(4)24-13(5)18(19(17)23)21(26)25-20-14(7-2)10-16(22)11-15(20)8-3/h6,10-11H,1,7-9H2,2-5H3,(H,25,26). The van der Waals surface area contributed by atoms with Crippen LogP contribution >= 0.6 is 23.2 Å². The third kappa shape index (κ3) is 4.11. The van der Waals surface area contributed by atoms with Crippen LogP contribution in [0.3, 0.4) is 0 Å². The van der Waals surface area contributed by atoms with Gasteiger partial charge in [-0.2, -0.15) is 0 Å². The average Bonchev–Trinajstić information content (AvgIpc) is 2.59. The smallest absolute Gasteiger partial charge is 0.259 e. The Labute approximate surface area is 165 Å². The molecule has 0 spiro atoms. The monoisotopic (exact) mass is 390 g/mol. The average molecular weight is 391 g/mol. The normalized spacial score (nSPS) is 10.7. The van der Waals surface area contributed by atoms with Crippen molar-refractivity contribution in [2.75, 3.05) is 5.32 Å². The number of amides is 1. The van der Waals surface area contributed by atoms with Gasteiger partial charge in [-0.05, 0) is 61.9 Å². The lowest BCUT2D eigenvalue weighted by atomic mass is 10.0. The van der Waals surface area contributed by atoms with E-state index in [2.05, 4.69) is 16.9 Å². The van der Waals surface area contributed by atoms with Crippen molar-refractivity contribution in [3.05, 3.63) is 68.5 Å². The van der Waals surface area contributed by atoms with Gasteiger partial charge in [0, 0.05) is 16.4 Å². The van der Waals surface area contributed by atoms with Crippen LogP contribution in [0.25, 0.3) is 0 Å². The van der Waals surface area contributed by atoms with E-state index in [0.29, 0.717) is 27.7 Å². The van der Waals surface area contributed by atoms with Crippen molar-refractivity contribution in [2.45, 2.75) is 47.0 Å². The predicted molar refractivity (Wildman–Crippen MR) is 111 cm³/mol. The number of aromatic nitrogens is 1. The summed E-state index contributed by atoms with van der Waals surface area (Å²) in [4.78, 5) is 17.6. The van der Waals surface area contributed by atoms with Crippen molar-refractivity contribution in [3.63, 3.8) is 0 Å². The van der Waals surface area contributed by atoms with Crippen LogP contribution in [0.5, 0.6) is 0 Å².